The number of sulfonamides is 1. The highest BCUT2D eigenvalue weighted by atomic mass is 32.2. The monoisotopic (exact) mass is 307 g/mol. The van der Waals surface area contributed by atoms with Gasteiger partial charge in [-0.1, -0.05) is 0 Å². The summed E-state index contributed by atoms with van der Waals surface area (Å²) in [6, 6.07) is 8.24. The Labute approximate surface area is 124 Å². The molecule has 1 aromatic heterocycles. The number of methoxy groups -OCH3 is 1. The molecule has 0 amide bonds. The Morgan fingerprint density at radius 2 is 1.90 bits per heavy atom. The summed E-state index contributed by atoms with van der Waals surface area (Å²) in [6.07, 6.45) is 0. The van der Waals surface area contributed by atoms with Gasteiger partial charge in [0.25, 0.3) is 0 Å². The van der Waals surface area contributed by atoms with Gasteiger partial charge < -0.3 is 4.74 Å². The van der Waals surface area contributed by atoms with Crippen molar-refractivity contribution in [3.8, 4) is 5.75 Å². The average Bonchev–Trinajstić information content (AvgIpc) is 2.46. The van der Waals surface area contributed by atoms with Gasteiger partial charge in [-0.15, -0.1) is 0 Å². The van der Waals surface area contributed by atoms with E-state index in [1.54, 1.807) is 38.3 Å². The average molecular weight is 307 g/mol. The van der Waals surface area contributed by atoms with E-state index in [1.807, 2.05) is 6.92 Å². The number of nitrogens with one attached hydrogen (secondary N) is 1. The number of hydrogen-bond acceptors (Lipinski definition) is 5. The quantitative estimate of drug-likeness (QED) is 0.907. The molecule has 21 heavy (non-hydrogen) atoms. The molecule has 1 N–H and O–H groups in total. The Balaban J connectivity index is 2.14. The molecular formula is C14H17N3O3S. The molecule has 0 radical (unpaired) electrons. The summed E-state index contributed by atoms with van der Waals surface area (Å²) in [7, 11) is -2.04. The zero-order valence-corrected chi connectivity index (χ0v) is 12.9. The summed E-state index contributed by atoms with van der Waals surface area (Å²) in [4.78, 5) is 0.195. The lowest BCUT2D eigenvalue weighted by atomic mass is 10.2. The summed E-state index contributed by atoms with van der Waals surface area (Å²) < 4.78 is 32.1. The van der Waals surface area contributed by atoms with Gasteiger partial charge in [-0.25, -0.2) is 13.1 Å². The number of rotatable bonds is 5. The predicted octanol–water partition coefficient (Wildman–Crippen LogP) is 1.58. The normalized spacial score (nSPS) is 11.4. The molecular weight excluding hydrogens is 290 g/mol. The zero-order chi connectivity index (χ0) is 15.5. The fourth-order valence-corrected chi connectivity index (χ4v) is 2.87. The topological polar surface area (TPSA) is 81.2 Å². The van der Waals surface area contributed by atoms with Crippen molar-refractivity contribution >= 4 is 10.0 Å². The minimum absolute atomic E-state index is 0.0979. The summed E-state index contributed by atoms with van der Waals surface area (Å²) in [6.45, 7) is 3.71. The predicted molar refractivity (Wildman–Crippen MR) is 78.5 cm³/mol. The molecule has 0 saturated carbocycles. The summed E-state index contributed by atoms with van der Waals surface area (Å²) in [5, 5.41) is 7.81. The Morgan fingerprint density at radius 1 is 1.14 bits per heavy atom. The number of ether oxygens (including phenoxy) is 1. The minimum atomic E-state index is -3.59. The molecule has 0 aliphatic carbocycles. The molecule has 0 aliphatic heterocycles. The highest BCUT2D eigenvalue weighted by Crippen LogP contribution is 2.21. The van der Waals surface area contributed by atoms with Gasteiger partial charge in [-0.2, -0.15) is 10.2 Å². The van der Waals surface area contributed by atoms with Gasteiger partial charge in [-0.05, 0) is 49.7 Å². The second-order valence-corrected chi connectivity index (χ2v) is 6.39. The molecule has 0 saturated heterocycles. The van der Waals surface area contributed by atoms with Crippen molar-refractivity contribution < 1.29 is 13.2 Å². The van der Waals surface area contributed by atoms with Crippen LogP contribution in [0, 0.1) is 13.8 Å². The van der Waals surface area contributed by atoms with E-state index in [4.69, 9.17) is 4.74 Å². The van der Waals surface area contributed by atoms with Crippen LogP contribution in [0.2, 0.25) is 0 Å². The SMILES string of the molecule is COc1ccc(S(=O)(=O)NCc2ccc(C)nn2)cc1C. The van der Waals surface area contributed by atoms with Crippen LogP contribution in [0.25, 0.3) is 0 Å². The van der Waals surface area contributed by atoms with Gasteiger partial charge in [0.15, 0.2) is 0 Å². The molecule has 6 nitrogen and oxygen atoms in total. The van der Waals surface area contributed by atoms with E-state index in [0.717, 1.165) is 11.3 Å². The molecule has 0 atom stereocenters. The first-order valence-corrected chi connectivity index (χ1v) is 7.84. The summed E-state index contributed by atoms with van der Waals surface area (Å²) in [5.74, 6) is 0.651. The molecule has 7 heteroatoms. The molecule has 0 spiro atoms. The number of nitrogens with zero attached hydrogens (tertiary/aromatic N) is 2. The first-order valence-electron chi connectivity index (χ1n) is 6.36. The Morgan fingerprint density at radius 3 is 2.48 bits per heavy atom. The van der Waals surface area contributed by atoms with E-state index in [1.165, 1.54) is 6.07 Å². The van der Waals surface area contributed by atoms with Crippen LogP contribution in [0.3, 0.4) is 0 Å². The van der Waals surface area contributed by atoms with Gasteiger partial charge in [-0.3, -0.25) is 0 Å². The van der Waals surface area contributed by atoms with Gasteiger partial charge in [0.05, 0.1) is 29.9 Å². The van der Waals surface area contributed by atoms with Gasteiger partial charge >= 0.3 is 0 Å². The maximum absolute atomic E-state index is 12.2. The van der Waals surface area contributed by atoms with Gasteiger partial charge in [0, 0.05) is 0 Å². The maximum atomic E-state index is 12.2. The second kappa shape index (κ2) is 6.19. The van der Waals surface area contributed by atoms with E-state index >= 15 is 0 Å². The molecule has 0 fully saturated rings. The lowest BCUT2D eigenvalue weighted by molar-refractivity contribution is 0.411. The molecule has 0 aliphatic rings. The highest BCUT2D eigenvalue weighted by molar-refractivity contribution is 7.89. The van der Waals surface area contributed by atoms with Crippen molar-refractivity contribution in [3.05, 3.63) is 47.3 Å². The van der Waals surface area contributed by atoms with Crippen LogP contribution in [0.15, 0.2) is 35.2 Å². The first kappa shape index (κ1) is 15.4. The lowest BCUT2D eigenvalue weighted by Gasteiger charge is -2.09. The summed E-state index contributed by atoms with van der Waals surface area (Å²) in [5.41, 5.74) is 2.11. The van der Waals surface area contributed by atoms with Crippen LogP contribution in [0.4, 0.5) is 0 Å². The standard InChI is InChI=1S/C14H17N3O3S/c1-10-8-13(6-7-14(10)20-3)21(18,19)15-9-12-5-4-11(2)16-17-12/h4-8,15H,9H2,1-3H3. The molecule has 0 bridgehead atoms. The Kier molecular flexibility index (Phi) is 4.54. The zero-order valence-electron chi connectivity index (χ0n) is 12.1. The molecule has 2 aromatic rings. The minimum Gasteiger partial charge on any atom is -0.496 e. The van der Waals surface area contributed by atoms with E-state index < -0.39 is 10.0 Å². The van der Waals surface area contributed by atoms with Gasteiger partial charge in [0.2, 0.25) is 10.0 Å². The van der Waals surface area contributed by atoms with Crippen LogP contribution in [0.5, 0.6) is 5.75 Å². The number of hydrogen-bond donors (Lipinski definition) is 1. The lowest BCUT2D eigenvalue weighted by Crippen LogP contribution is -2.24. The Bertz CT molecular complexity index is 728. The van der Waals surface area contributed by atoms with Crippen molar-refractivity contribution in [1.82, 2.24) is 14.9 Å². The van der Waals surface area contributed by atoms with Gasteiger partial charge in [0.1, 0.15) is 5.75 Å². The molecule has 0 unspecified atom stereocenters. The molecule has 1 heterocycles. The third kappa shape index (κ3) is 3.77. The summed E-state index contributed by atoms with van der Waals surface area (Å²) >= 11 is 0. The van der Waals surface area contributed by atoms with Crippen molar-refractivity contribution in [2.45, 2.75) is 25.3 Å². The van der Waals surface area contributed by atoms with E-state index in [-0.39, 0.29) is 11.4 Å². The highest BCUT2D eigenvalue weighted by Gasteiger charge is 2.15. The van der Waals surface area contributed by atoms with Crippen LogP contribution in [-0.4, -0.2) is 25.7 Å². The van der Waals surface area contributed by atoms with E-state index in [2.05, 4.69) is 14.9 Å². The van der Waals surface area contributed by atoms with Crippen molar-refractivity contribution in [1.29, 1.82) is 0 Å². The fraction of sp³-hybridized carbons (Fsp3) is 0.286. The molecule has 112 valence electrons. The first-order chi connectivity index (χ1) is 9.92. The largest absolute Gasteiger partial charge is 0.496 e. The Hall–Kier alpha value is -1.99. The van der Waals surface area contributed by atoms with Crippen LogP contribution in [0.1, 0.15) is 17.0 Å². The van der Waals surface area contributed by atoms with Crippen molar-refractivity contribution in [2.75, 3.05) is 7.11 Å². The maximum Gasteiger partial charge on any atom is 0.240 e. The third-order valence-electron chi connectivity index (χ3n) is 2.97. The second-order valence-electron chi connectivity index (χ2n) is 4.62. The smallest absolute Gasteiger partial charge is 0.240 e. The van der Waals surface area contributed by atoms with Crippen molar-refractivity contribution in [2.24, 2.45) is 0 Å². The van der Waals surface area contributed by atoms with Crippen LogP contribution in [-0.2, 0) is 16.6 Å². The number of aromatic nitrogens is 2. The number of benzene rings is 1. The van der Waals surface area contributed by atoms with E-state index in [9.17, 15) is 8.42 Å². The molecule has 2 rings (SSSR count). The van der Waals surface area contributed by atoms with Crippen molar-refractivity contribution in [3.63, 3.8) is 0 Å². The van der Waals surface area contributed by atoms with E-state index in [0.29, 0.717) is 11.4 Å². The molecule has 1 aromatic carbocycles. The fourth-order valence-electron chi connectivity index (χ4n) is 1.79. The van der Waals surface area contributed by atoms with Crippen LogP contribution < -0.4 is 9.46 Å². The third-order valence-corrected chi connectivity index (χ3v) is 4.37. The number of aryl methyl sites for hydroxylation is 2. The van der Waals surface area contributed by atoms with Crippen LogP contribution >= 0.6 is 0 Å².